The fourth-order valence-electron chi connectivity index (χ4n) is 2.40. The molecule has 1 N–H and O–H groups in total. The van der Waals surface area contributed by atoms with Gasteiger partial charge in [-0.2, -0.15) is 0 Å². The minimum Gasteiger partial charge on any atom is -0.481 e. The van der Waals surface area contributed by atoms with E-state index in [9.17, 15) is 9.59 Å². The molecule has 0 aromatic heterocycles. The number of nitrogens with zero attached hydrogens (tertiary/aromatic N) is 1. The highest BCUT2D eigenvalue weighted by Gasteiger charge is 2.20. The first-order chi connectivity index (χ1) is 8.99. The van der Waals surface area contributed by atoms with Gasteiger partial charge in [0.15, 0.2) is 0 Å². The van der Waals surface area contributed by atoms with Crippen LogP contribution in [0.15, 0.2) is 18.2 Å². The van der Waals surface area contributed by atoms with Crippen molar-refractivity contribution in [3.05, 3.63) is 29.3 Å². The van der Waals surface area contributed by atoms with E-state index in [-0.39, 0.29) is 12.3 Å². The van der Waals surface area contributed by atoms with Crippen LogP contribution in [0.1, 0.15) is 30.9 Å². The fourth-order valence-corrected chi connectivity index (χ4v) is 2.40. The minimum atomic E-state index is -0.935. The van der Waals surface area contributed by atoms with Gasteiger partial charge < -0.3 is 10.0 Å². The van der Waals surface area contributed by atoms with E-state index in [0.717, 1.165) is 18.5 Å². The van der Waals surface area contributed by atoms with Gasteiger partial charge in [-0.15, -0.1) is 0 Å². The molecule has 0 radical (unpaired) electrons. The van der Waals surface area contributed by atoms with Crippen molar-refractivity contribution in [2.45, 2.75) is 32.6 Å². The molecule has 0 aliphatic heterocycles. The lowest BCUT2D eigenvalue weighted by Gasteiger charge is -2.19. The second-order valence-electron chi connectivity index (χ2n) is 5.20. The van der Waals surface area contributed by atoms with E-state index in [0.29, 0.717) is 0 Å². The quantitative estimate of drug-likeness (QED) is 0.904. The van der Waals surface area contributed by atoms with E-state index < -0.39 is 11.9 Å². The molecule has 102 valence electrons. The molecule has 1 aromatic carbocycles. The normalized spacial score (nSPS) is 14.8. The Kier molecular flexibility index (Phi) is 3.88. The number of hydrogen-bond donors (Lipinski definition) is 1. The average Bonchev–Trinajstić information content (AvgIpc) is 2.84. The van der Waals surface area contributed by atoms with Gasteiger partial charge in [-0.25, -0.2) is 0 Å². The zero-order valence-corrected chi connectivity index (χ0v) is 11.3. The summed E-state index contributed by atoms with van der Waals surface area (Å²) >= 11 is 0. The number of carbonyl (C=O) groups is 2. The van der Waals surface area contributed by atoms with Crippen molar-refractivity contribution in [3.8, 4) is 0 Å². The summed E-state index contributed by atoms with van der Waals surface area (Å²) in [5, 5.41) is 8.84. The van der Waals surface area contributed by atoms with Crippen LogP contribution < -0.4 is 4.90 Å². The van der Waals surface area contributed by atoms with Gasteiger partial charge in [-0.3, -0.25) is 9.59 Å². The lowest BCUT2D eigenvalue weighted by atomic mass is 10.1. The molecule has 0 fully saturated rings. The predicted octanol–water partition coefficient (Wildman–Crippen LogP) is 2.25. The summed E-state index contributed by atoms with van der Waals surface area (Å²) in [6.45, 7) is 1.55. The Bertz CT molecular complexity index is 510. The third-order valence-electron chi connectivity index (χ3n) is 3.75. The molecule has 1 aliphatic rings. The Morgan fingerprint density at radius 1 is 1.32 bits per heavy atom. The first-order valence-corrected chi connectivity index (χ1v) is 6.60. The molecule has 19 heavy (non-hydrogen) atoms. The van der Waals surface area contributed by atoms with Gasteiger partial charge in [0.25, 0.3) is 0 Å². The smallest absolute Gasteiger partial charge is 0.306 e. The number of rotatable bonds is 4. The lowest BCUT2D eigenvalue weighted by Crippen LogP contribution is -2.29. The molecule has 2 rings (SSSR count). The third-order valence-corrected chi connectivity index (χ3v) is 3.75. The second-order valence-corrected chi connectivity index (χ2v) is 5.20. The van der Waals surface area contributed by atoms with E-state index in [1.807, 2.05) is 12.1 Å². The van der Waals surface area contributed by atoms with E-state index in [1.165, 1.54) is 17.5 Å². The van der Waals surface area contributed by atoms with Crippen molar-refractivity contribution >= 4 is 17.6 Å². The van der Waals surface area contributed by atoms with Crippen molar-refractivity contribution in [2.75, 3.05) is 11.9 Å². The maximum atomic E-state index is 12.0. The Hall–Kier alpha value is -1.84. The summed E-state index contributed by atoms with van der Waals surface area (Å²) in [4.78, 5) is 24.4. The van der Waals surface area contributed by atoms with Gasteiger partial charge in [0.1, 0.15) is 0 Å². The Labute approximate surface area is 113 Å². The molecule has 1 aromatic rings. The van der Waals surface area contributed by atoms with Crippen LogP contribution in [0.25, 0.3) is 0 Å². The van der Waals surface area contributed by atoms with Gasteiger partial charge in [0.2, 0.25) is 5.91 Å². The molecular formula is C15H19NO3. The highest BCUT2D eigenvalue weighted by molar-refractivity contribution is 5.94. The molecule has 0 saturated carbocycles. The minimum absolute atomic E-state index is 0.0307. The van der Waals surface area contributed by atoms with Crippen LogP contribution in [-0.2, 0) is 22.4 Å². The number of carboxylic acid groups (broad SMARTS) is 1. The molecule has 0 heterocycles. The van der Waals surface area contributed by atoms with Gasteiger partial charge in [-0.1, -0.05) is 13.0 Å². The molecule has 1 atom stereocenters. The van der Waals surface area contributed by atoms with E-state index in [4.69, 9.17) is 5.11 Å². The molecule has 1 aliphatic carbocycles. The Balaban J connectivity index is 2.09. The zero-order valence-electron chi connectivity index (χ0n) is 11.3. The Morgan fingerprint density at radius 2 is 2.00 bits per heavy atom. The van der Waals surface area contributed by atoms with Crippen LogP contribution in [0.5, 0.6) is 0 Å². The maximum Gasteiger partial charge on any atom is 0.306 e. The molecule has 0 bridgehead atoms. The monoisotopic (exact) mass is 261 g/mol. The highest BCUT2D eigenvalue weighted by Crippen LogP contribution is 2.26. The van der Waals surface area contributed by atoms with Crippen LogP contribution in [0, 0.1) is 5.92 Å². The van der Waals surface area contributed by atoms with E-state index in [1.54, 1.807) is 18.9 Å². The highest BCUT2D eigenvalue weighted by atomic mass is 16.4. The van der Waals surface area contributed by atoms with E-state index in [2.05, 4.69) is 6.07 Å². The summed E-state index contributed by atoms with van der Waals surface area (Å²) in [6.07, 6.45) is 3.38. The molecule has 4 nitrogen and oxygen atoms in total. The average molecular weight is 261 g/mol. The van der Waals surface area contributed by atoms with E-state index >= 15 is 0 Å². The SMILES string of the molecule is CC(CC(=O)N(C)c1ccc2c(c1)CCC2)C(=O)O. The lowest BCUT2D eigenvalue weighted by molar-refractivity contribution is -0.143. The molecule has 1 unspecified atom stereocenters. The van der Waals surface area contributed by atoms with Crippen LogP contribution in [-0.4, -0.2) is 24.0 Å². The Morgan fingerprint density at radius 3 is 2.68 bits per heavy atom. The number of hydrogen-bond acceptors (Lipinski definition) is 2. The summed E-state index contributed by atoms with van der Waals surface area (Å²) in [7, 11) is 1.70. The van der Waals surface area contributed by atoms with Crippen molar-refractivity contribution in [1.82, 2.24) is 0 Å². The summed E-state index contributed by atoms with van der Waals surface area (Å²) in [5.41, 5.74) is 3.52. The standard InChI is InChI=1S/C15H19NO3/c1-10(15(18)19)8-14(17)16(2)13-7-6-11-4-3-5-12(11)9-13/h6-7,9-10H,3-5,8H2,1-2H3,(H,18,19). The maximum absolute atomic E-state index is 12.0. The number of anilines is 1. The van der Waals surface area contributed by atoms with Crippen LogP contribution >= 0.6 is 0 Å². The van der Waals surface area contributed by atoms with Crippen molar-refractivity contribution in [2.24, 2.45) is 5.92 Å². The molecule has 0 saturated heterocycles. The summed E-state index contributed by atoms with van der Waals surface area (Å²) < 4.78 is 0. The zero-order chi connectivity index (χ0) is 14.0. The number of fused-ring (bicyclic) bond motifs is 1. The number of benzene rings is 1. The molecule has 4 heteroatoms. The number of aliphatic carboxylic acids is 1. The number of aryl methyl sites for hydroxylation is 2. The van der Waals surface area contributed by atoms with Crippen molar-refractivity contribution in [3.63, 3.8) is 0 Å². The molecular weight excluding hydrogens is 242 g/mol. The number of carbonyl (C=O) groups excluding carboxylic acids is 1. The van der Waals surface area contributed by atoms with Crippen LogP contribution in [0.2, 0.25) is 0 Å². The molecule has 1 amide bonds. The van der Waals surface area contributed by atoms with Crippen LogP contribution in [0.4, 0.5) is 5.69 Å². The van der Waals surface area contributed by atoms with Gasteiger partial charge in [0, 0.05) is 19.2 Å². The van der Waals surface area contributed by atoms with Gasteiger partial charge >= 0.3 is 5.97 Å². The predicted molar refractivity (Wildman–Crippen MR) is 73.3 cm³/mol. The number of carboxylic acids is 1. The second kappa shape index (κ2) is 5.43. The van der Waals surface area contributed by atoms with Crippen molar-refractivity contribution in [1.29, 1.82) is 0 Å². The van der Waals surface area contributed by atoms with Crippen molar-refractivity contribution < 1.29 is 14.7 Å². The first kappa shape index (κ1) is 13.6. The van der Waals surface area contributed by atoms with Gasteiger partial charge in [0.05, 0.1) is 5.92 Å². The van der Waals surface area contributed by atoms with Crippen LogP contribution in [0.3, 0.4) is 0 Å². The summed E-state index contributed by atoms with van der Waals surface area (Å²) in [6, 6.07) is 6.06. The fraction of sp³-hybridized carbons (Fsp3) is 0.467. The third kappa shape index (κ3) is 2.95. The topological polar surface area (TPSA) is 57.6 Å². The number of amides is 1. The van der Waals surface area contributed by atoms with Gasteiger partial charge in [-0.05, 0) is 42.5 Å². The summed E-state index contributed by atoms with van der Waals surface area (Å²) in [5.74, 6) is -1.74. The first-order valence-electron chi connectivity index (χ1n) is 6.60. The molecule has 0 spiro atoms. The largest absolute Gasteiger partial charge is 0.481 e.